The van der Waals surface area contributed by atoms with Crippen LogP contribution in [0.5, 0.6) is 0 Å². The molecular formula is C20H18FN3O3S. The van der Waals surface area contributed by atoms with Crippen molar-refractivity contribution in [2.24, 2.45) is 0 Å². The third-order valence-electron chi connectivity index (χ3n) is 3.97. The average Bonchev–Trinajstić information content (AvgIpc) is 2.65. The molecule has 2 aromatic carbocycles. The second-order valence-corrected chi connectivity index (χ2v) is 7.83. The van der Waals surface area contributed by atoms with Crippen molar-refractivity contribution in [2.45, 2.75) is 18.7 Å². The van der Waals surface area contributed by atoms with Crippen molar-refractivity contribution in [3.63, 3.8) is 0 Å². The second kappa shape index (κ2) is 7.77. The molecule has 1 amide bonds. The number of nitrogens with one attached hydrogen (secondary N) is 2. The first-order chi connectivity index (χ1) is 13.3. The topological polar surface area (TPSA) is 88.2 Å². The molecule has 0 aliphatic heterocycles. The molecule has 0 saturated carbocycles. The van der Waals surface area contributed by atoms with Gasteiger partial charge in [-0.3, -0.25) is 9.52 Å². The highest BCUT2D eigenvalue weighted by molar-refractivity contribution is 7.92. The lowest BCUT2D eigenvalue weighted by atomic mass is 10.2. The number of pyridine rings is 1. The minimum atomic E-state index is -4.05. The average molecular weight is 399 g/mol. The first-order valence-electron chi connectivity index (χ1n) is 8.39. The van der Waals surface area contributed by atoms with Gasteiger partial charge in [-0.05, 0) is 55.8 Å². The number of carbonyl (C=O) groups is 1. The van der Waals surface area contributed by atoms with E-state index in [1.807, 2.05) is 0 Å². The highest BCUT2D eigenvalue weighted by atomic mass is 32.2. The number of amides is 1. The number of sulfonamides is 1. The second-order valence-electron chi connectivity index (χ2n) is 6.18. The zero-order chi connectivity index (χ0) is 20.3. The van der Waals surface area contributed by atoms with E-state index < -0.39 is 21.7 Å². The van der Waals surface area contributed by atoms with E-state index in [0.717, 1.165) is 6.07 Å². The van der Waals surface area contributed by atoms with Gasteiger partial charge < -0.3 is 5.32 Å². The number of carbonyl (C=O) groups excluding carboxylic acids is 1. The first kappa shape index (κ1) is 19.5. The maximum atomic E-state index is 13.8. The maximum Gasteiger partial charge on any atom is 0.274 e. The zero-order valence-corrected chi connectivity index (χ0v) is 16.0. The lowest BCUT2D eigenvalue weighted by Crippen LogP contribution is -2.17. The van der Waals surface area contributed by atoms with Gasteiger partial charge in [-0.1, -0.05) is 24.3 Å². The summed E-state index contributed by atoms with van der Waals surface area (Å²) < 4.78 is 41.5. The molecule has 1 aromatic heterocycles. The van der Waals surface area contributed by atoms with Crippen molar-refractivity contribution >= 4 is 27.3 Å². The summed E-state index contributed by atoms with van der Waals surface area (Å²) in [5.41, 5.74) is 1.49. The van der Waals surface area contributed by atoms with Crippen LogP contribution in [0.3, 0.4) is 0 Å². The van der Waals surface area contributed by atoms with Crippen LogP contribution in [0, 0.1) is 19.7 Å². The summed E-state index contributed by atoms with van der Waals surface area (Å²) in [5, 5.41) is 2.63. The fourth-order valence-electron chi connectivity index (χ4n) is 2.58. The summed E-state index contributed by atoms with van der Waals surface area (Å²) in [6.07, 6.45) is 0. The molecule has 0 unspecified atom stereocenters. The van der Waals surface area contributed by atoms with Gasteiger partial charge in [0.15, 0.2) is 0 Å². The quantitative estimate of drug-likeness (QED) is 0.681. The zero-order valence-electron chi connectivity index (χ0n) is 15.2. The Balaban J connectivity index is 1.89. The number of halogens is 1. The number of anilines is 2. The Morgan fingerprint density at radius 1 is 1.00 bits per heavy atom. The lowest BCUT2D eigenvalue weighted by Gasteiger charge is -2.13. The third-order valence-corrected chi connectivity index (χ3v) is 5.48. The summed E-state index contributed by atoms with van der Waals surface area (Å²) in [6, 6.07) is 15.0. The summed E-state index contributed by atoms with van der Waals surface area (Å²) in [5.74, 6) is -1.14. The Kier molecular flexibility index (Phi) is 5.41. The van der Waals surface area contributed by atoms with E-state index in [-0.39, 0.29) is 22.0 Å². The fraction of sp³-hybridized carbons (Fsp3) is 0.100. The van der Waals surface area contributed by atoms with Crippen molar-refractivity contribution in [1.82, 2.24) is 4.98 Å². The largest absolute Gasteiger partial charge is 0.321 e. The highest BCUT2D eigenvalue weighted by Gasteiger charge is 2.20. The Hall–Kier alpha value is -3.26. The van der Waals surface area contributed by atoms with Gasteiger partial charge in [-0.25, -0.2) is 17.8 Å². The number of benzene rings is 2. The van der Waals surface area contributed by atoms with E-state index in [0.29, 0.717) is 11.3 Å². The van der Waals surface area contributed by atoms with Crippen LogP contribution in [-0.4, -0.2) is 19.3 Å². The van der Waals surface area contributed by atoms with Crippen LogP contribution < -0.4 is 10.0 Å². The molecule has 0 bridgehead atoms. The number of hydrogen-bond donors (Lipinski definition) is 2. The molecule has 144 valence electrons. The van der Waals surface area contributed by atoms with Gasteiger partial charge >= 0.3 is 0 Å². The fourth-order valence-corrected chi connectivity index (χ4v) is 3.91. The smallest absolute Gasteiger partial charge is 0.274 e. The SMILES string of the molecule is Cc1cccc(C(=O)Nc2ccc(C)c(S(=O)(=O)Nc3ccccc3F)c2)n1. The van der Waals surface area contributed by atoms with Crippen molar-refractivity contribution in [3.05, 3.63) is 83.4 Å². The molecule has 0 aliphatic carbocycles. The summed E-state index contributed by atoms with van der Waals surface area (Å²) in [6.45, 7) is 3.38. The van der Waals surface area contributed by atoms with Gasteiger partial charge in [0.2, 0.25) is 0 Å². The molecule has 28 heavy (non-hydrogen) atoms. The van der Waals surface area contributed by atoms with Crippen molar-refractivity contribution in [3.8, 4) is 0 Å². The standard InChI is InChI=1S/C20H18FN3O3S/c1-13-10-11-15(23-20(25)18-9-5-6-14(2)22-18)12-19(13)28(26,27)24-17-8-4-3-7-16(17)21/h3-12,24H,1-2H3,(H,23,25). The van der Waals surface area contributed by atoms with E-state index in [2.05, 4.69) is 15.0 Å². The van der Waals surface area contributed by atoms with Gasteiger partial charge in [0.25, 0.3) is 15.9 Å². The molecule has 6 nitrogen and oxygen atoms in total. The van der Waals surface area contributed by atoms with Gasteiger partial charge in [0.1, 0.15) is 11.5 Å². The molecule has 0 fully saturated rings. The van der Waals surface area contributed by atoms with Crippen LogP contribution in [0.15, 0.2) is 65.6 Å². The van der Waals surface area contributed by atoms with Crippen LogP contribution in [0.25, 0.3) is 0 Å². The molecule has 2 N–H and O–H groups in total. The van der Waals surface area contributed by atoms with Gasteiger partial charge in [0.05, 0.1) is 10.6 Å². The normalized spacial score (nSPS) is 11.1. The van der Waals surface area contributed by atoms with E-state index in [1.54, 1.807) is 44.2 Å². The van der Waals surface area contributed by atoms with Crippen LogP contribution >= 0.6 is 0 Å². The van der Waals surface area contributed by atoms with E-state index in [4.69, 9.17) is 0 Å². The Labute approximate surface area is 162 Å². The number of para-hydroxylation sites is 1. The number of rotatable bonds is 5. The predicted molar refractivity (Wildman–Crippen MR) is 105 cm³/mol. The minimum Gasteiger partial charge on any atom is -0.321 e. The highest BCUT2D eigenvalue weighted by Crippen LogP contribution is 2.24. The molecule has 0 spiro atoms. The minimum absolute atomic E-state index is 0.0641. The van der Waals surface area contributed by atoms with Crippen molar-refractivity contribution in [1.29, 1.82) is 0 Å². The van der Waals surface area contributed by atoms with Gasteiger partial charge in [0, 0.05) is 11.4 Å². The van der Waals surface area contributed by atoms with Crippen LogP contribution in [-0.2, 0) is 10.0 Å². The molecule has 3 rings (SSSR count). The van der Waals surface area contributed by atoms with Crippen LogP contribution in [0.1, 0.15) is 21.7 Å². The number of nitrogens with zero attached hydrogens (tertiary/aromatic N) is 1. The molecule has 0 atom stereocenters. The number of aryl methyl sites for hydroxylation is 2. The van der Waals surface area contributed by atoms with E-state index in [9.17, 15) is 17.6 Å². The Bertz CT molecular complexity index is 1150. The van der Waals surface area contributed by atoms with Crippen molar-refractivity contribution in [2.75, 3.05) is 10.0 Å². The molecule has 8 heteroatoms. The maximum absolute atomic E-state index is 13.8. The molecule has 1 heterocycles. The van der Waals surface area contributed by atoms with Gasteiger partial charge in [-0.2, -0.15) is 0 Å². The van der Waals surface area contributed by atoms with Gasteiger partial charge in [-0.15, -0.1) is 0 Å². The summed E-state index contributed by atoms with van der Waals surface area (Å²) in [4.78, 5) is 16.4. The summed E-state index contributed by atoms with van der Waals surface area (Å²) in [7, 11) is -4.05. The lowest BCUT2D eigenvalue weighted by molar-refractivity contribution is 0.102. The predicted octanol–water partition coefficient (Wildman–Crippen LogP) is 3.89. The van der Waals surface area contributed by atoms with Crippen LogP contribution in [0.2, 0.25) is 0 Å². The molecule has 3 aromatic rings. The monoisotopic (exact) mass is 399 g/mol. The summed E-state index contributed by atoms with van der Waals surface area (Å²) >= 11 is 0. The number of hydrogen-bond acceptors (Lipinski definition) is 4. The molecular weight excluding hydrogens is 381 g/mol. The van der Waals surface area contributed by atoms with Crippen molar-refractivity contribution < 1.29 is 17.6 Å². The molecule has 0 radical (unpaired) electrons. The molecule has 0 aliphatic rings. The third kappa shape index (κ3) is 4.34. The first-order valence-corrected chi connectivity index (χ1v) is 9.87. The number of aromatic nitrogens is 1. The molecule has 0 saturated heterocycles. The van der Waals surface area contributed by atoms with E-state index in [1.165, 1.54) is 24.3 Å². The van der Waals surface area contributed by atoms with Crippen LogP contribution in [0.4, 0.5) is 15.8 Å². The van der Waals surface area contributed by atoms with E-state index >= 15 is 0 Å². The Morgan fingerprint density at radius 2 is 1.75 bits per heavy atom. The Morgan fingerprint density at radius 3 is 2.46 bits per heavy atom.